The average Bonchev–Trinajstić information content (AvgIpc) is 2.52. The molecule has 7 nitrogen and oxygen atoms in total. The maximum Gasteiger partial charge on any atom is 0.326 e. The predicted octanol–water partition coefficient (Wildman–Crippen LogP) is 1.59. The van der Waals surface area contributed by atoms with Crippen LogP contribution in [0.25, 0.3) is 0 Å². The molecule has 0 saturated heterocycles. The van der Waals surface area contributed by atoms with E-state index in [9.17, 15) is 24.3 Å². The van der Waals surface area contributed by atoms with Gasteiger partial charge in [-0.05, 0) is 30.9 Å². The number of aliphatic carboxylic acids is 1. The number of hydrogen-bond donors (Lipinski definition) is 3. The highest BCUT2D eigenvalue weighted by molar-refractivity contribution is 6.04. The summed E-state index contributed by atoms with van der Waals surface area (Å²) < 4.78 is 0. The maximum absolute atomic E-state index is 12.5. The predicted molar refractivity (Wildman–Crippen MR) is 86.6 cm³/mol. The van der Waals surface area contributed by atoms with E-state index in [1.165, 1.54) is 13.0 Å². The van der Waals surface area contributed by atoms with Crippen LogP contribution in [0.1, 0.15) is 43.0 Å². The summed E-state index contributed by atoms with van der Waals surface area (Å²) in [6, 6.07) is 5.23. The second-order valence-corrected chi connectivity index (χ2v) is 5.91. The van der Waals surface area contributed by atoms with Gasteiger partial charge in [-0.25, -0.2) is 4.79 Å². The van der Waals surface area contributed by atoms with Crippen LogP contribution in [0.3, 0.4) is 0 Å². The first-order chi connectivity index (χ1) is 11.4. The van der Waals surface area contributed by atoms with E-state index >= 15 is 0 Å². The molecule has 2 rings (SSSR count). The molecule has 3 N–H and O–H groups in total. The molecule has 0 aromatic heterocycles. The van der Waals surface area contributed by atoms with Gasteiger partial charge >= 0.3 is 5.97 Å². The smallest absolute Gasteiger partial charge is 0.326 e. The number of Topliss-reactive ketones (excluding diaryl/α,β-unsaturated/α-hetero) is 1. The van der Waals surface area contributed by atoms with Gasteiger partial charge in [-0.1, -0.05) is 12.1 Å². The maximum atomic E-state index is 12.5. The molecule has 2 amide bonds. The van der Waals surface area contributed by atoms with Crippen LogP contribution in [-0.4, -0.2) is 34.7 Å². The minimum absolute atomic E-state index is 0.0189. The fraction of sp³-hybridized carbons (Fsp3) is 0.412. The number of amides is 2. The molecule has 1 fully saturated rings. The summed E-state index contributed by atoms with van der Waals surface area (Å²) in [6.45, 7) is 1.32. The first kappa shape index (κ1) is 17.7. The summed E-state index contributed by atoms with van der Waals surface area (Å²) in [4.78, 5) is 46.8. The van der Waals surface area contributed by atoms with E-state index in [4.69, 9.17) is 0 Å². The second kappa shape index (κ2) is 7.72. The van der Waals surface area contributed by atoms with Gasteiger partial charge in [0.05, 0.1) is 11.3 Å². The normalized spacial score (nSPS) is 18.5. The van der Waals surface area contributed by atoms with Gasteiger partial charge < -0.3 is 15.7 Å². The molecule has 0 radical (unpaired) electrons. The molecule has 1 aromatic carbocycles. The number of carbonyl (C=O) groups excluding carboxylic acids is 3. The van der Waals surface area contributed by atoms with Crippen molar-refractivity contribution in [1.29, 1.82) is 0 Å². The van der Waals surface area contributed by atoms with Crippen molar-refractivity contribution in [2.24, 2.45) is 5.92 Å². The van der Waals surface area contributed by atoms with E-state index in [2.05, 4.69) is 10.6 Å². The molecule has 128 valence electrons. The molecule has 0 heterocycles. The second-order valence-electron chi connectivity index (χ2n) is 5.91. The van der Waals surface area contributed by atoms with Crippen LogP contribution in [0.4, 0.5) is 5.69 Å². The van der Waals surface area contributed by atoms with Gasteiger partial charge in [-0.2, -0.15) is 0 Å². The summed E-state index contributed by atoms with van der Waals surface area (Å²) in [5.74, 6) is -2.49. The van der Waals surface area contributed by atoms with Crippen LogP contribution >= 0.6 is 0 Å². The van der Waals surface area contributed by atoms with Gasteiger partial charge in [-0.15, -0.1) is 0 Å². The lowest BCUT2D eigenvalue weighted by atomic mass is 9.83. The number of nitrogens with one attached hydrogen (secondary N) is 2. The molecule has 1 aliphatic rings. The molecule has 1 aromatic rings. The third kappa shape index (κ3) is 4.41. The number of benzene rings is 1. The SMILES string of the molecule is CC(=O)Nc1ccccc1C(=O)N[C@H](C(=O)O)[C@@H]1CCCC(=O)C1. The van der Waals surface area contributed by atoms with E-state index in [1.54, 1.807) is 18.2 Å². The Morgan fingerprint density at radius 3 is 2.58 bits per heavy atom. The average molecular weight is 332 g/mol. The van der Waals surface area contributed by atoms with Crippen molar-refractivity contribution in [3.8, 4) is 0 Å². The molecule has 0 bridgehead atoms. The van der Waals surface area contributed by atoms with Crippen LogP contribution in [0, 0.1) is 5.92 Å². The molecular weight excluding hydrogens is 312 g/mol. The van der Waals surface area contributed by atoms with Crippen LogP contribution < -0.4 is 10.6 Å². The van der Waals surface area contributed by atoms with Crippen molar-refractivity contribution >= 4 is 29.3 Å². The summed E-state index contributed by atoms with van der Waals surface area (Å²) in [5, 5.41) is 14.5. The quantitative estimate of drug-likeness (QED) is 0.758. The Bertz CT molecular complexity index is 671. The zero-order chi connectivity index (χ0) is 17.7. The monoisotopic (exact) mass is 332 g/mol. The van der Waals surface area contributed by atoms with E-state index in [-0.39, 0.29) is 23.7 Å². The van der Waals surface area contributed by atoms with Crippen molar-refractivity contribution in [1.82, 2.24) is 5.32 Å². The molecular formula is C17H20N2O5. The lowest BCUT2D eigenvalue weighted by molar-refractivity contribution is -0.141. The van der Waals surface area contributed by atoms with Crippen molar-refractivity contribution < 1.29 is 24.3 Å². The lowest BCUT2D eigenvalue weighted by Gasteiger charge is -2.27. The zero-order valence-corrected chi connectivity index (χ0v) is 13.4. The zero-order valence-electron chi connectivity index (χ0n) is 13.4. The molecule has 0 spiro atoms. The van der Waals surface area contributed by atoms with E-state index in [1.807, 2.05) is 0 Å². The van der Waals surface area contributed by atoms with Gasteiger partial charge in [0.15, 0.2) is 0 Å². The highest BCUT2D eigenvalue weighted by atomic mass is 16.4. The van der Waals surface area contributed by atoms with E-state index in [0.29, 0.717) is 24.9 Å². The van der Waals surface area contributed by atoms with E-state index < -0.39 is 23.8 Å². The number of hydrogen-bond acceptors (Lipinski definition) is 4. The summed E-state index contributed by atoms with van der Waals surface area (Å²) in [7, 11) is 0. The molecule has 1 aliphatic carbocycles. The Hall–Kier alpha value is -2.70. The molecule has 7 heteroatoms. The number of para-hydroxylation sites is 1. The minimum atomic E-state index is -1.17. The topological polar surface area (TPSA) is 113 Å². The number of ketones is 1. The Balaban J connectivity index is 2.18. The first-order valence-electron chi connectivity index (χ1n) is 7.80. The molecule has 24 heavy (non-hydrogen) atoms. The fourth-order valence-electron chi connectivity index (χ4n) is 2.92. The number of carbonyl (C=O) groups is 4. The van der Waals surface area contributed by atoms with Gasteiger partial charge in [0.1, 0.15) is 11.8 Å². The van der Waals surface area contributed by atoms with Crippen LogP contribution in [0.5, 0.6) is 0 Å². The van der Waals surface area contributed by atoms with Gasteiger partial charge in [0, 0.05) is 19.8 Å². The highest BCUT2D eigenvalue weighted by Crippen LogP contribution is 2.25. The third-order valence-corrected chi connectivity index (χ3v) is 4.03. The van der Waals surface area contributed by atoms with Crippen LogP contribution in [-0.2, 0) is 14.4 Å². The fourth-order valence-corrected chi connectivity index (χ4v) is 2.92. The first-order valence-corrected chi connectivity index (χ1v) is 7.80. The van der Waals surface area contributed by atoms with Gasteiger partial charge in [0.25, 0.3) is 5.91 Å². The Labute approximate surface area is 139 Å². The van der Waals surface area contributed by atoms with Crippen LogP contribution in [0.15, 0.2) is 24.3 Å². The molecule has 0 aliphatic heterocycles. The lowest BCUT2D eigenvalue weighted by Crippen LogP contribution is -2.47. The number of anilines is 1. The Morgan fingerprint density at radius 2 is 1.96 bits per heavy atom. The largest absolute Gasteiger partial charge is 0.480 e. The van der Waals surface area contributed by atoms with Crippen molar-refractivity contribution in [3.05, 3.63) is 29.8 Å². The van der Waals surface area contributed by atoms with Gasteiger partial charge in [0.2, 0.25) is 5.91 Å². The third-order valence-electron chi connectivity index (χ3n) is 4.03. The minimum Gasteiger partial charge on any atom is -0.480 e. The Kier molecular flexibility index (Phi) is 5.68. The Morgan fingerprint density at radius 1 is 1.25 bits per heavy atom. The standard InChI is InChI=1S/C17H20N2O5/c1-10(20)18-14-8-3-2-7-13(14)16(22)19-15(17(23)24)11-5-4-6-12(21)9-11/h2-3,7-8,11,15H,4-6,9H2,1H3,(H,18,20)(H,19,22)(H,23,24)/t11-,15+/m1/s1. The molecule has 1 saturated carbocycles. The molecule has 2 atom stereocenters. The summed E-state index contributed by atoms with van der Waals surface area (Å²) in [6.07, 6.45) is 1.83. The number of carboxylic acid groups (broad SMARTS) is 1. The van der Waals surface area contributed by atoms with Gasteiger partial charge in [-0.3, -0.25) is 14.4 Å². The highest BCUT2D eigenvalue weighted by Gasteiger charge is 2.33. The van der Waals surface area contributed by atoms with Crippen molar-refractivity contribution in [2.75, 3.05) is 5.32 Å². The number of rotatable bonds is 5. The number of carboxylic acids is 1. The van der Waals surface area contributed by atoms with E-state index in [0.717, 1.165) is 0 Å². The summed E-state index contributed by atoms with van der Waals surface area (Å²) >= 11 is 0. The van der Waals surface area contributed by atoms with Crippen LogP contribution in [0.2, 0.25) is 0 Å². The van der Waals surface area contributed by atoms with Crippen molar-refractivity contribution in [2.45, 2.75) is 38.6 Å². The van der Waals surface area contributed by atoms with Crippen molar-refractivity contribution in [3.63, 3.8) is 0 Å². The molecule has 0 unspecified atom stereocenters. The summed E-state index contributed by atoms with van der Waals surface area (Å²) in [5.41, 5.74) is 0.493.